The molecule has 1 aliphatic rings. The van der Waals surface area contributed by atoms with Gasteiger partial charge in [-0.25, -0.2) is 17.9 Å². The molecule has 4 N–H and O–H groups in total. The molecule has 1 aromatic rings. The molecule has 2 rings (SSSR count). The van der Waals surface area contributed by atoms with E-state index in [1.165, 1.54) is 6.92 Å². The summed E-state index contributed by atoms with van der Waals surface area (Å²) in [5, 5.41) is 17.2. The Kier molecular flexibility index (Phi) is 3.28. The van der Waals surface area contributed by atoms with E-state index in [2.05, 4.69) is 20.2 Å². The number of sulfonamides is 1. The summed E-state index contributed by atoms with van der Waals surface area (Å²) in [6.07, 6.45) is 0.0263. The van der Waals surface area contributed by atoms with Crippen molar-refractivity contribution in [3.63, 3.8) is 0 Å². The van der Waals surface area contributed by atoms with Crippen molar-refractivity contribution < 1.29 is 23.1 Å². The third-order valence-electron chi connectivity index (χ3n) is 2.66. The lowest BCUT2D eigenvalue weighted by atomic mass is 10.3. The van der Waals surface area contributed by atoms with E-state index in [1.807, 2.05) is 0 Å². The number of carboxylic acid groups (broad SMARTS) is 1. The maximum absolute atomic E-state index is 12.1. The summed E-state index contributed by atoms with van der Waals surface area (Å²) >= 11 is 0. The number of rotatable bonds is 4. The van der Waals surface area contributed by atoms with Crippen LogP contribution in [-0.4, -0.2) is 48.2 Å². The number of aromatic amines is 1. The molecule has 1 unspecified atom stereocenters. The van der Waals surface area contributed by atoms with Gasteiger partial charge in [-0.1, -0.05) is 0 Å². The standard InChI is InChI=1S/C9H12N4O5S/c1-4-8(7(9(15)16)12-11-4)19(17,18)13-5-2-6(14)10-3-5/h5,13H,2-3H2,1H3,(H,10,14)(H,11,12)(H,15,16). The second kappa shape index (κ2) is 4.63. The average Bonchev–Trinajstić information content (AvgIpc) is 2.84. The quantitative estimate of drug-likeness (QED) is 0.536. The number of carbonyl (C=O) groups is 2. The van der Waals surface area contributed by atoms with E-state index in [4.69, 9.17) is 5.11 Å². The summed E-state index contributed by atoms with van der Waals surface area (Å²) in [7, 11) is -4.05. The average molecular weight is 288 g/mol. The first-order valence-corrected chi connectivity index (χ1v) is 6.87. The minimum atomic E-state index is -4.05. The van der Waals surface area contributed by atoms with Gasteiger partial charge in [0.2, 0.25) is 15.9 Å². The molecule has 19 heavy (non-hydrogen) atoms. The lowest BCUT2D eigenvalue weighted by molar-refractivity contribution is -0.119. The van der Waals surface area contributed by atoms with Gasteiger partial charge in [-0.2, -0.15) is 5.10 Å². The van der Waals surface area contributed by atoms with Gasteiger partial charge in [0, 0.05) is 19.0 Å². The number of amides is 1. The van der Waals surface area contributed by atoms with Crippen LogP contribution in [0.3, 0.4) is 0 Å². The number of H-pyrrole nitrogens is 1. The van der Waals surface area contributed by atoms with Crippen molar-refractivity contribution in [2.24, 2.45) is 0 Å². The molecule has 1 atom stereocenters. The van der Waals surface area contributed by atoms with Crippen molar-refractivity contribution in [1.29, 1.82) is 0 Å². The van der Waals surface area contributed by atoms with E-state index in [0.29, 0.717) is 0 Å². The molecule has 1 saturated heterocycles. The summed E-state index contributed by atoms with van der Waals surface area (Å²) < 4.78 is 26.5. The predicted molar refractivity (Wildman–Crippen MR) is 62.0 cm³/mol. The molecule has 0 bridgehead atoms. The van der Waals surface area contributed by atoms with Crippen molar-refractivity contribution in [2.75, 3.05) is 6.54 Å². The molecule has 104 valence electrons. The Balaban J connectivity index is 2.32. The minimum absolute atomic E-state index is 0.0263. The third-order valence-corrected chi connectivity index (χ3v) is 4.34. The Morgan fingerprint density at radius 3 is 2.74 bits per heavy atom. The van der Waals surface area contributed by atoms with Crippen molar-refractivity contribution in [2.45, 2.75) is 24.3 Å². The number of aromatic nitrogens is 2. The predicted octanol–water partition coefficient (Wildman–Crippen LogP) is -1.42. The van der Waals surface area contributed by atoms with Gasteiger partial charge in [-0.15, -0.1) is 0 Å². The second-order valence-electron chi connectivity index (χ2n) is 4.16. The Bertz CT molecular complexity index is 635. The molecule has 2 heterocycles. The van der Waals surface area contributed by atoms with Crippen molar-refractivity contribution in [3.05, 3.63) is 11.4 Å². The SMILES string of the molecule is Cc1[nH]nc(C(=O)O)c1S(=O)(=O)NC1CNC(=O)C1. The number of aromatic carboxylic acids is 1. The van der Waals surface area contributed by atoms with Crippen LogP contribution in [0.25, 0.3) is 0 Å². The molecular weight excluding hydrogens is 276 g/mol. The first-order valence-electron chi connectivity index (χ1n) is 5.38. The van der Waals surface area contributed by atoms with E-state index in [1.54, 1.807) is 0 Å². The lowest BCUT2D eigenvalue weighted by Crippen LogP contribution is -2.37. The molecule has 1 amide bonds. The molecule has 9 nitrogen and oxygen atoms in total. The monoisotopic (exact) mass is 288 g/mol. The lowest BCUT2D eigenvalue weighted by Gasteiger charge is -2.11. The van der Waals surface area contributed by atoms with Crippen LogP contribution in [0, 0.1) is 6.92 Å². The highest BCUT2D eigenvalue weighted by molar-refractivity contribution is 7.89. The highest BCUT2D eigenvalue weighted by Gasteiger charge is 2.32. The second-order valence-corrected chi connectivity index (χ2v) is 5.81. The summed E-state index contributed by atoms with van der Waals surface area (Å²) in [4.78, 5) is 21.5. The van der Waals surface area contributed by atoms with Crippen LogP contribution in [0.5, 0.6) is 0 Å². The van der Waals surface area contributed by atoms with Gasteiger partial charge in [0.1, 0.15) is 4.90 Å². The number of aryl methyl sites for hydroxylation is 1. The van der Waals surface area contributed by atoms with Gasteiger partial charge >= 0.3 is 5.97 Å². The number of nitrogens with zero attached hydrogens (tertiary/aromatic N) is 1. The van der Waals surface area contributed by atoms with Crippen molar-refractivity contribution in [3.8, 4) is 0 Å². The van der Waals surface area contributed by atoms with Crippen molar-refractivity contribution >= 4 is 21.9 Å². The van der Waals surface area contributed by atoms with E-state index >= 15 is 0 Å². The molecule has 1 aliphatic heterocycles. The van der Waals surface area contributed by atoms with Crippen LogP contribution >= 0.6 is 0 Å². The number of carboxylic acids is 1. The van der Waals surface area contributed by atoms with Gasteiger partial charge in [0.25, 0.3) is 0 Å². The highest BCUT2D eigenvalue weighted by atomic mass is 32.2. The Hall–Kier alpha value is -1.94. The van der Waals surface area contributed by atoms with Crippen LogP contribution in [0.1, 0.15) is 22.6 Å². The van der Waals surface area contributed by atoms with Gasteiger partial charge in [-0.05, 0) is 6.92 Å². The minimum Gasteiger partial charge on any atom is -0.476 e. The molecule has 1 aromatic heterocycles. The maximum atomic E-state index is 12.1. The first-order chi connectivity index (χ1) is 8.81. The van der Waals surface area contributed by atoms with Crippen LogP contribution < -0.4 is 10.0 Å². The topological polar surface area (TPSA) is 141 Å². The zero-order chi connectivity index (χ0) is 14.2. The molecule has 10 heteroatoms. The van der Waals surface area contributed by atoms with E-state index in [9.17, 15) is 18.0 Å². The van der Waals surface area contributed by atoms with Crippen LogP contribution in [-0.2, 0) is 14.8 Å². The van der Waals surface area contributed by atoms with Crippen LogP contribution in [0.4, 0.5) is 0 Å². The normalized spacial score (nSPS) is 19.4. The first kappa shape index (κ1) is 13.5. The highest BCUT2D eigenvalue weighted by Crippen LogP contribution is 2.18. The van der Waals surface area contributed by atoms with E-state index in [-0.39, 0.29) is 24.6 Å². The van der Waals surface area contributed by atoms with Crippen LogP contribution in [0.15, 0.2) is 4.90 Å². The molecule has 1 fully saturated rings. The summed E-state index contributed by atoms with van der Waals surface area (Å²) in [6.45, 7) is 1.59. The number of hydrogen-bond donors (Lipinski definition) is 4. The van der Waals surface area contributed by atoms with Gasteiger partial charge < -0.3 is 10.4 Å². The van der Waals surface area contributed by atoms with Gasteiger partial charge in [-0.3, -0.25) is 9.89 Å². The molecule has 0 saturated carbocycles. The van der Waals surface area contributed by atoms with E-state index in [0.717, 1.165) is 0 Å². The number of nitrogens with one attached hydrogen (secondary N) is 3. The third kappa shape index (κ3) is 2.58. The largest absolute Gasteiger partial charge is 0.476 e. The summed E-state index contributed by atoms with van der Waals surface area (Å²) in [5.74, 6) is -1.69. The summed E-state index contributed by atoms with van der Waals surface area (Å²) in [6, 6.07) is -0.589. The maximum Gasteiger partial charge on any atom is 0.357 e. The smallest absolute Gasteiger partial charge is 0.357 e. The zero-order valence-corrected chi connectivity index (χ0v) is 10.7. The Morgan fingerprint density at radius 2 is 2.21 bits per heavy atom. The Labute approximate surface area is 108 Å². The number of carbonyl (C=O) groups excluding carboxylic acids is 1. The fourth-order valence-electron chi connectivity index (χ4n) is 1.86. The van der Waals surface area contributed by atoms with Gasteiger partial charge in [0.15, 0.2) is 5.69 Å². The Morgan fingerprint density at radius 1 is 1.53 bits per heavy atom. The zero-order valence-electron chi connectivity index (χ0n) is 9.93. The fourth-order valence-corrected chi connectivity index (χ4v) is 3.42. The summed E-state index contributed by atoms with van der Waals surface area (Å²) in [5.41, 5.74) is -0.440. The molecule has 0 spiro atoms. The molecular formula is C9H12N4O5S. The fraction of sp³-hybridized carbons (Fsp3) is 0.444. The van der Waals surface area contributed by atoms with E-state index < -0.39 is 32.6 Å². The van der Waals surface area contributed by atoms with Crippen LogP contribution in [0.2, 0.25) is 0 Å². The molecule has 0 aromatic carbocycles. The number of hydrogen-bond acceptors (Lipinski definition) is 5. The van der Waals surface area contributed by atoms with Crippen molar-refractivity contribution in [1.82, 2.24) is 20.2 Å². The molecule has 0 radical (unpaired) electrons. The molecule has 0 aliphatic carbocycles. The van der Waals surface area contributed by atoms with Gasteiger partial charge in [0.05, 0.1) is 5.69 Å².